The minimum absolute atomic E-state index is 0.133. The van der Waals surface area contributed by atoms with Crippen molar-refractivity contribution in [1.82, 2.24) is 0 Å². The summed E-state index contributed by atoms with van der Waals surface area (Å²) in [4.78, 5) is 5.14. The van der Waals surface area contributed by atoms with E-state index in [0.717, 1.165) is 18.6 Å². The fourth-order valence-corrected chi connectivity index (χ4v) is 4.45. The lowest BCUT2D eigenvalue weighted by molar-refractivity contribution is 0.740. The molecule has 0 fully saturated rings. The van der Waals surface area contributed by atoms with Gasteiger partial charge in [-0.2, -0.15) is 0 Å². The van der Waals surface area contributed by atoms with Crippen LogP contribution in [0.1, 0.15) is 48.1 Å². The molecule has 0 aromatic heterocycles. The third kappa shape index (κ3) is 4.36. The second-order valence-corrected chi connectivity index (χ2v) is 8.50. The lowest BCUT2D eigenvalue weighted by atomic mass is 9.87. The molecule has 5 rings (SSSR count). The predicted octanol–water partition coefficient (Wildman–Crippen LogP) is 7.68. The minimum atomic E-state index is 0.133. The van der Waals surface area contributed by atoms with Gasteiger partial charge in [0.2, 0.25) is 0 Å². The lowest BCUT2D eigenvalue weighted by Gasteiger charge is -2.23. The Labute approximate surface area is 185 Å². The van der Waals surface area contributed by atoms with Crippen LogP contribution in [0.2, 0.25) is 0 Å². The molecule has 0 radical (unpaired) electrons. The summed E-state index contributed by atoms with van der Waals surface area (Å²) in [6.07, 6.45) is 11.3. The van der Waals surface area contributed by atoms with Crippen molar-refractivity contribution in [2.75, 3.05) is 0 Å². The molecule has 3 aromatic carbocycles. The smallest absolute Gasteiger partial charge is 0.0796 e. The zero-order chi connectivity index (χ0) is 21.0. The maximum Gasteiger partial charge on any atom is 0.0796 e. The number of hydrogen-bond donors (Lipinski definition) is 0. The first-order valence-electron chi connectivity index (χ1n) is 11.1. The van der Waals surface area contributed by atoms with E-state index in [-0.39, 0.29) is 6.04 Å². The van der Waals surface area contributed by atoms with Crippen LogP contribution in [-0.4, -0.2) is 5.71 Å². The molecule has 0 bridgehead atoms. The highest BCUT2D eigenvalue weighted by Gasteiger charge is 2.20. The summed E-state index contributed by atoms with van der Waals surface area (Å²) in [5.41, 5.74) is 8.75. The summed E-state index contributed by atoms with van der Waals surface area (Å²) >= 11 is 0. The Morgan fingerprint density at radius 3 is 2.26 bits per heavy atom. The molecule has 1 nitrogen and oxygen atoms in total. The Kier molecular flexibility index (Phi) is 5.50. The molecular formula is C30H27N. The summed E-state index contributed by atoms with van der Waals surface area (Å²) < 4.78 is 0. The number of nitrogens with zero attached hydrogens (tertiary/aromatic N) is 1. The van der Waals surface area contributed by atoms with E-state index in [1.54, 1.807) is 0 Å². The lowest BCUT2D eigenvalue weighted by Crippen LogP contribution is -2.10. The van der Waals surface area contributed by atoms with Gasteiger partial charge in [-0.15, -0.1) is 0 Å². The van der Waals surface area contributed by atoms with Crippen molar-refractivity contribution in [3.05, 3.63) is 131 Å². The average molecular weight is 402 g/mol. The Bertz CT molecular complexity index is 1180. The topological polar surface area (TPSA) is 12.4 Å². The Hall–Kier alpha value is -3.45. The fourth-order valence-electron chi connectivity index (χ4n) is 4.45. The molecule has 2 aliphatic rings. The maximum absolute atomic E-state index is 5.14. The first-order chi connectivity index (χ1) is 15.3. The zero-order valence-electron chi connectivity index (χ0n) is 17.9. The molecule has 0 saturated carbocycles. The molecule has 2 atom stereocenters. The van der Waals surface area contributed by atoms with Crippen LogP contribution in [-0.2, 0) is 0 Å². The van der Waals surface area contributed by atoms with Crippen molar-refractivity contribution in [2.45, 2.75) is 25.8 Å². The molecule has 2 unspecified atom stereocenters. The number of hydrogen-bond acceptors (Lipinski definition) is 1. The van der Waals surface area contributed by atoms with Gasteiger partial charge in [0.05, 0.1) is 11.8 Å². The van der Waals surface area contributed by atoms with Crippen LogP contribution in [0.4, 0.5) is 0 Å². The molecule has 1 heteroatoms. The molecule has 0 saturated heterocycles. The van der Waals surface area contributed by atoms with Gasteiger partial charge in [0, 0.05) is 0 Å². The summed E-state index contributed by atoms with van der Waals surface area (Å²) in [7, 11) is 0. The zero-order valence-corrected chi connectivity index (χ0v) is 17.9. The molecule has 152 valence electrons. The van der Waals surface area contributed by atoms with Crippen molar-refractivity contribution in [3.8, 4) is 0 Å². The molecular weight excluding hydrogens is 374 g/mol. The summed E-state index contributed by atoms with van der Waals surface area (Å²) in [5.74, 6) is 0.594. The summed E-state index contributed by atoms with van der Waals surface area (Å²) in [6, 6.07) is 30.3. The van der Waals surface area contributed by atoms with Crippen molar-refractivity contribution in [3.63, 3.8) is 0 Å². The van der Waals surface area contributed by atoms with Crippen molar-refractivity contribution >= 4 is 16.9 Å². The van der Waals surface area contributed by atoms with E-state index in [1.165, 1.54) is 33.4 Å². The first-order valence-corrected chi connectivity index (χ1v) is 11.1. The molecule has 1 heterocycles. The van der Waals surface area contributed by atoms with Crippen LogP contribution in [0.25, 0.3) is 11.1 Å². The Morgan fingerprint density at radius 1 is 0.774 bits per heavy atom. The largest absolute Gasteiger partial charge is 0.276 e. The van der Waals surface area contributed by atoms with Gasteiger partial charge < -0.3 is 0 Å². The number of aliphatic imine (C=N–C) groups is 1. The van der Waals surface area contributed by atoms with Crippen LogP contribution >= 0.6 is 0 Å². The number of allylic oxidation sites excluding steroid dienone is 5. The minimum Gasteiger partial charge on any atom is -0.276 e. The fraction of sp³-hybridized carbons (Fsp3) is 0.167. The SMILES string of the molecule is CC1C=C(c2cccc(C3=CC(c4ccccc4)=NC(c4ccccc4)C3)c2)C=CC1. The second kappa shape index (κ2) is 8.73. The normalized spacial score (nSPS) is 20.6. The van der Waals surface area contributed by atoms with Crippen LogP contribution < -0.4 is 0 Å². The van der Waals surface area contributed by atoms with Crippen molar-refractivity contribution in [1.29, 1.82) is 0 Å². The quantitative estimate of drug-likeness (QED) is 0.425. The number of rotatable bonds is 4. The van der Waals surface area contributed by atoms with E-state index in [9.17, 15) is 0 Å². The van der Waals surface area contributed by atoms with Gasteiger partial charge in [0.25, 0.3) is 0 Å². The molecule has 0 spiro atoms. The van der Waals surface area contributed by atoms with Crippen LogP contribution in [0, 0.1) is 5.92 Å². The summed E-state index contributed by atoms with van der Waals surface area (Å²) in [6.45, 7) is 2.28. The Morgan fingerprint density at radius 2 is 1.48 bits per heavy atom. The van der Waals surface area contributed by atoms with Gasteiger partial charge in [-0.25, -0.2) is 0 Å². The first kappa shape index (κ1) is 19.5. The highest BCUT2D eigenvalue weighted by molar-refractivity contribution is 6.13. The monoisotopic (exact) mass is 401 g/mol. The molecule has 0 amide bonds. The van der Waals surface area contributed by atoms with Gasteiger partial charge in [-0.1, -0.05) is 104 Å². The van der Waals surface area contributed by atoms with Gasteiger partial charge in [-0.05, 0) is 64.3 Å². The third-order valence-corrected chi connectivity index (χ3v) is 6.11. The number of dihydropyridines is 1. The predicted molar refractivity (Wildman–Crippen MR) is 132 cm³/mol. The van der Waals surface area contributed by atoms with Crippen LogP contribution in [0.15, 0.2) is 114 Å². The highest BCUT2D eigenvalue weighted by atomic mass is 14.8. The molecule has 0 N–H and O–H groups in total. The van der Waals surface area contributed by atoms with Crippen molar-refractivity contribution < 1.29 is 0 Å². The molecule has 1 aliphatic carbocycles. The molecule has 1 aliphatic heterocycles. The third-order valence-electron chi connectivity index (χ3n) is 6.11. The number of benzene rings is 3. The van der Waals surface area contributed by atoms with Crippen molar-refractivity contribution in [2.24, 2.45) is 10.9 Å². The van der Waals surface area contributed by atoms with E-state index >= 15 is 0 Å². The second-order valence-electron chi connectivity index (χ2n) is 8.50. The van der Waals surface area contributed by atoms with Crippen LogP contribution in [0.5, 0.6) is 0 Å². The van der Waals surface area contributed by atoms with E-state index in [1.807, 2.05) is 0 Å². The average Bonchev–Trinajstić information content (AvgIpc) is 2.85. The Balaban J connectivity index is 1.55. The molecule has 31 heavy (non-hydrogen) atoms. The standard InChI is InChI=1S/C30H27N/c1-22-10-8-15-25(18-22)26-16-9-17-27(19-26)28-20-29(23-11-4-2-5-12-23)31-30(21-28)24-13-6-3-7-14-24/h2-9,11-20,22,30H,10,21H2,1H3. The van der Waals surface area contributed by atoms with E-state index in [0.29, 0.717) is 5.92 Å². The van der Waals surface area contributed by atoms with Crippen LogP contribution in [0.3, 0.4) is 0 Å². The van der Waals surface area contributed by atoms with E-state index in [2.05, 4.69) is 116 Å². The highest BCUT2D eigenvalue weighted by Crippen LogP contribution is 2.36. The molecule has 3 aromatic rings. The van der Waals surface area contributed by atoms with Gasteiger partial charge >= 0.3 is 0 Å². The maximum atomic E-state index is 5.14. The van der Waals surface area contributed by atoms with Gasteiger partial charge in [-0.3, -0.25) is 4.99 Å². The van der Waals surface area contributed by atoms with E-state index < -0.39 is 0 Å². The summed E-state index contributed by atoms with van der Waals surface area (Å²) in [5, 5.41) is 0. The van der Waals surface area contributed by atoms with E-state index in [4.69, 9.17) is 4.99 Å². The van der Waals surface area contributed by atoms with Gasteiger partial charge in [0.15, 0.2) is 0 Å². The van der Waals surface area contributed by atoms with Gasteiger partial charge in [0.1, 0.15) is 0 Å².